The molecule has 0 bridgehead atoms. The molecule has 0 saturated heterocycles. The number of aromatic nitrogens is 1. The predicted molar refractivity (Wildman–Crippen MR) is 102 cm³/mol. The predicted octanol–water partition coefficient (Wildman–Crippen LogP) is 4.21. The van der Waals surface area contributed by atoms with E-state index in [2.05, 4.69) is 21.7 Å². The molecule has 124 valence electrons. The first-order valence-corrected chi connectivity index (χ1v) is 9.10. The number of aliphatic imine (C=N–C) groups is 1. The van der Waals surface area contributed by atoms with E-state index in [1.165, 1.54) is 11.8 Å². The van der Waals surface area contributed by atoms with Gasteiger partial charge < -0.3 is 9.30 Å². The van der Waals surface area contributed by atoms with Crippen molar-refractivity contribution in [1.29, 1.82) is 0 Å². The Labute approximate surface area is 149 Å². The fourth-order valence-corrected chi connectivity index (χ4v) is 3.72. The Kier molecular flexibility index (Phi) is 3.93. The highest BCUT2D eigenvalue weighted by Crippen LogP contribution is 2.37. The lowest BCUT2D eigenvalue weighted by Gasteiger charge is -2.03. The van der Waals surface area contributed by atoms with E-state index in [1.54, 1.807) is 0 Å². The van der Waals surface area contributed by atoms with Crippen LogP contribution in [0, 0.1) is 0 Å². The number of esters is 1. The highest BCUT2D eigenvalue weighted by Gasteiger charge is 2.28. The molecule has 0 radical (unpaired) electrons. The summed E-state index contributed by atoms with van der Waals surface area (Å²) >= 11 is 1.51. The monoisotopic (exact) mass is 348 g/mol. The molecule has 0 atom stereocenters. The van der Waals surface area contributed by atoms with E-state index in [9.17, 15) is 4.79 Å². The molecule has 0 aliphatic carbocycles. The summed E-state index contributed by atoms with van der Waals surface area (Å²) in [4.78, 5) is 17.8. The molecule has 2 heterocycles. The van der Waals surface area contributed by atoms with Crippen LogP contribution in [0.3, 0.4) is 0 Å². The Morgan fingerprint density at radius 3 is 2.56 bits per heavy atom. The summed E-state index contributed by atoms with van der Waals surface area (Å²) in [5.74, 6) is -0.0523. The third-order valence-corrected chi connectivity index (χ3v) is 5.00. The summed E-state index contributed by atoms with van der Waals surface area (Å²) in [5, 5.41) is 1.10. The molecule has 0 fully saturated rings. The van der Waals surface area contributed by atoms with Crippen LogP contribution in [-0.4, -0.2) is 22.7 Å². The molecule has 25 heavy (non-hydrogen) atoms. The van der Waals surface area contributed by atoms with Crippen LogP contribution in [0.25, 0.3) is 15.8 Å². The lowest BCUT2D eigenvalue weighted by Crippen LogP contribution is -2.05. The van der Waals surface area contributed by atoms with Gasteiger partial charge in [0.05, 0.1) is 0 Å². The molecular formula is C20H16N2O2S. The number of hydrogen-bond acceptors (Lipinski definition) is 4. The average Bonchev–Trinajstić information content (AvgIpc) is 3.19. The topological polar surface area (TPSA) is 43.6 Å². The molecule has 0 amide bonds. The zero-order valence-corrected chi connectivity index (χ0v) is 14.7. The van der Waals surface area contributed by atoms with E-state index >= 15 is 0 Å². The third kappa shape index (κ3) is 2.66. The summed E-state index contributed by atoms with van der Waals surface area (Å²) in [5.41, 5.74) is 3.27. The van der Waals surface area contributed by atoms with Crippen LogP contribution in [0.15, 0.2) is 71.5 Å². The standard InChI is InChI=1S/C20H16N2O2S/c1-22-12-15(14-10-6-7-11-16(14)22)18(25-2)17-20(23)24-19(21-17)13-8-4-3-5-9-13/h3-12H,1-2H3/b18-17-. The first-order chi connectivity index (χ1) is 12.2. The van der Waals surface area contributed by atoms with E-state index in [-0.39, 0.29) is 0 Å². The van der Waals surface area contributed by atoms with E-state index in [4.69, 9.17) is 4.74 Å². The average molecular weight is 348 g/mol. The minimum atomic E-state index is -0.406. The second-order valence-corrected chi connectivity index (χ2v) is 6.54. The van der Waals surface area contributed by atoms with E-state index in [0.717, 1.165) is 26.9 Å². The number of cyclic esters (lactones) is 1. The van der Waals surface area contributed by atoms with Crippen molar-refractivity contribution >= 4 is 39.4 Å². The Morgan fingerprint density at radius 1 is 1.08 bits per heavy atom. The Hall–Kier alpha value is -2.79. The molecular weight excluding hydrogens is 332 g/mol. The third-order valence-electron chi connectivity index (χ3n) is 4.18. The van der Waals surface area contributed by atoms with Gasteiger partial charge in [-0.25, -0.2) is 9.79 Å². The maximum absolute atomic E-state index is 12.5. The fourth-order valence-electron chi connectivity index (χ4n) is 3.01. The smallest absolute Gasteiger partial charge is 0.365 e. The lowest BCUT2D eigenvalue weighted by atomic mass is 10.1. The Bertz CT molecular complexity index is 1030. The van der Waals surface area contributed by atoms with E-state index < -0.39 is 5.97 Å². The number of fused-ring (bicyclic) bond motifs is 1. The van der Waals surface area contributed by atoms with Gasteiger partial charge in [-0.2, -0.15) is 0 Å². The van der Waals surface area contributed by atoms with Crippen LogP contribution in [0.5, 0.6) is 0 Å². The maximum atomic E-state index is 12.5. The highest BCUT2D eigenvalue weighted by atomic mass is 32.2. The minimum absolute atomic E-state index is 0.354. The molecule has 4 rings (SSSR count). The van der Waals surface area contributed by atoms with Crippen LogP contribution in [0.4, 0.5) is 0 Å². The second kappa shape index (κ2) is 6.26. The number of para-hydroxylation sites is 1. The molecule has 5 heteroatoms. The first-order valence-electron chi connectivity index (χ1n) is 7.88. The highest BCUT2D eigenvalue weighted by molar-refractivity contribution is 8.07. The largest absolute Gasteiger partial charge is 0.402 e. The second-order valence-electron chi connectivity index (χ2n) is 5.73. The Morgan fingerprint density at radius 2 is 1.80 bits per heavy atom. The summed E-state index contributed by atoms with van der Waals surface area (Å²) in [7, 11) is 2.00. The molecule has 0 saturated carbocycles. The van der Waals surface area contributed by atoms with Gasteiger partial charge >= 0.3 is 5.97 Å². The van der Waals surface area contributed by atoms with E-state index in [1.807, 2.05) is 62.0 Å². The van der Waals surface area contributed by atoms with Crippen LogP contribution in [0.1, 0.15) is 11.1 Å². The summed E-state index contributed by atoms with van der Waals surface area (Å²) in [6.45, 7) is 0. The molecule has 1 aliphatic rings. The van der Waals surface area contributed by atoms with Crippen LogP contribution >= 0.6 is 11.8 Å². The molecule has 3 aromatic rings. The van der Waals surface area contributed by atoms with Gasteiger partial charge in [-0.1, -0.05) is 36.4 Å². The van der Waals surface area contributed by atoms with Crippen LogP contribution in [0.2, 0.25) is 0 Å². The number of carbonyl (C=O) groups is 1. The molecule has 4 nitrogen and oxygen atoms in total. The van der Waals surface area contributed by atoms with Crippen molar-refractivity contribution in [2.45, 2.75) is 0 Å². The number of benzene rings is 2. The molecule has 0 N–H and O–H groups in total. The SMILES string of the molecule is CS/C(=C1\N=C(c2ccccc2)OC1=O)c1cn(C)c2ccccc12. The first kappa shape index (κ1) is 15.7. The fraction of sp³-hybridized carbons (Fsp3) is 0.100. The van der Waals surface area contributed by atoms with Gasteiger partial charge in [-0.15, -0.1) is 11.8 Å². The molecule has 0 spiro atoms. The van der Waals surface area contributed by atoms with Crippen molar-refractivity contribution in [2.75, 3.05) is 6.26 Å². The van der Waals surface area contributed by atoms with Crippen molar-refractivity contribution in [1.82, 2.24) is 4.57 Å². The van der Waals surface area contributed by atoms with Crippen molar-refractivity contribution in [3.8, 4) is 0 Å². The van der Waals surface area contributed by atoms with Gasteiger partial charge in [0.1, 0.15) is 0 Å². The number of carbonyl (C=O) groups excluding carboxylic acids is 1. The number of aryl methyl sites for hydroxylation is 1. The van der Waals surface area contributed by atoms with Gasteiger partial charge in [0.2, 0.25) is 5.90 Å². The van der Waals surface area contributed by atoms with Gasteiger partial charge in [0.15, 0.2) is 5.70 Å². The number of rotatable bonds is 3. The lowest BCUT2D eigenvalue weighted by molar-refractivity contribution is -0.129. The van der Waals surface area contributed by atoms with Gasteiger partial charge in [0.25, 0.3) is 0 Å². The zero-order chi connectivity index (χ0) is 17.4. The quantitative estimate of drug-likeness (QED) is 0.526. The Balaban J connectivity index is 1.89. The van der Waals surface area contributed by atoms with Crippen molar-refractivity contribution in [3.05, 3.63) is 77.6 Å². The van der Waals surface area contributed by atoms with Gasteiger partial charge in [-0.3, -0.25) is 0 Å². The molecule has 1 aliphatic heterocycles. The van der Waals surface area contributed by atoms with Crippen molar-refractivity contribution in [3.63, 3.8) is 0 Å². The number of hydrogen-bond donors (Lipinski definition) is 0. The number of nitrogens with zero attached hydrogens (tertiary/aromatic N) is 2. The van der Waals surface area contributed by atoms with Crippen molar-refractivity contribution in [2.24, 2.45) is 12.0 Å². The van der Waals surface area contributed by atoms with Gasteiger partial charge in [0, 0.05) is 40.2 Å². The van der Waals surface area contributed by atoms with Crippen molar-refractivity contribution < 1.29 is 9.53 Å². The normalized spacial score (nSPS) is 16.1. The van der Waals surface area contributed by atoms with Gasteiger partial charge in [-0.05, 0) is 24.5 Å². The summed E-state index contributed by atoms with van der Waals surface area (Å²) in [6, 6.07) is 17.6. The summed E-state index contributed by atoms with van der Waals surface area (Å²) < 4.78 is 7.48. The maximum Gasteiger partial charge on any atom is 0.365 e. The van der Waals surface area contributed by atoms with Crippen LogP contribution < -0.4 is 0 Å². The van der Waals surface area contributed by atoms with E-state index in [0.29, 0.717) is 11.6 Å². The molecule has 2 aromatic carbocycles. The number of ether oxygens (including phenoxy) is 1. The molecule has 0 unspecified atom stereocenters. The van der Waals surface area contributed by atoms with Crippen LogP contribution in [-0.2, 0) is 16.6 Å². The minimum Gasteiger partial charge on any atom is -0.402 e. The zero-order valence-electron chi connectivity index (χ0n) is 13.9. The number of thioether (sulfide) groups is 1. The molecule has 1 aromatic heterocycles. The summed E-state index contributed by atoms with van der Waals surface area (Å²) in [6.07, 6.45) is 3.99.